The van der Waals surface area contributed by atoms with E-state index in [2.05, 4.69) is 111 Å². The molecule has 0 spiro atoms. The van der Waals surface area contributed by atoms with Crippen molar-refractivity contribution in [2.45, 2.75) is 27.2 Å². The van der Waals surface area contributed by atoms with Crippen molar-refractivity contribution in [2.75, 3.05) is 0 Å². The first-order chi connectivity index (χ1) is 16.6. The molecular weight excluding hydrogens is 412 g/mol. The fourth-order valence-electron chi connectivity index (χ4n) is 4.29. The van der Waals surface area contributed by atoms with Gasteiger partial charge in [0.1, 0.15) is 0 Å². The van der Waals surface area contributed by atoms with Gasteiger partial charge in [0.2, 0.25) is 0 Å². The molecular formula is C32H28N2. The fourth-order valence-corrected chi connectivity index (χ4v) is 4.29. The lowest BCUT2D eigenvalue weighted by Gasteiger charge is -2.17. The summed E-state index contributed by atoms with van der Waals surface area (Å²) in [5, 5.41) is 0. The van der Waals surface area contributed by atoms with Crippen molar-refractivity contribution in [1.29, 1.82) is 0 Å². The molecule has 0 saturated carbocycles. The predicted molar refractivity (Wildman–Crippen MR) is 142 cm³/mol. The van der Waals surface area contributed by atoms with Gasteiger partial charge in [-0.15, -0.1) is 0 Å². The zero-order chi connectivity index (χ0) is 23.5. The standard InChI is InChI=1S/C32H28N2/c1-22-12-15-26(16-13-22)32-29(30-11-7-8-18-33-30)21-28(20-25-9-5-4-6-10-25)31(34-32)27-17-14-23(2)24(3)19-27/h4-19,21H,20H2,1-3H3. The maximum Gasteiger partial charge on any atom is 0.0803 e. The minimum atomic E-state index is 0.810. The van der Waals surface area contributed by atoms with Crippen LogP contribution in [0.25, 0.3) is 33.8 Å². The Morgan fingerprint density at radius 1 is 0.618 bits per heavy atom. The SMILES string of the molecule is Cc1ccc(-c2nc(-c3ccc(C)c(C)c3)c(Cc3ccccc3)cc2-c2ccccn2)cc1. The van der Waals surface area contributed by atoms with Crippen LogP contribution in [-0.2, 0) is 6.42 Å². The van der Waals surface area contributed by atoms with Crippen LogP contribution >= 0.6 is 0 Å². The minimum absolute atomic E-state index is 0.810. The highest BCUT2D eigenvalue weighted by molar-refractivity contribution is 5.83. The predicted octanol–water partition coefficient (Wildman–Crippen LogP) is 7.99. The first kappa shape index (κ1) is 21.8. The Balaban J connectivity index is 1.78. The Morgan fingerprint density at radius 2 is 1.35 bits per heavy atom. The molecule has 2 heterocycles. The molecule has 34 heavy (non-hydrogen) atoms. The average Bonchev–Trinajstić information content (AvgIpc) is 2.87. The lowest BCUT2D eigenvalue weighted by molar-refractivity contribution is 1.15. The maximum atomic E-state index is 5.35. The summed E-state index contributed by atoms with van der Waals surface area (Å²) < 4.78 is 0. The van der Waals surface area contributed by atoms with Gasteiger partial charge in [0.05, 0.1) is 17.1 Å². The second-order valence-electron chi connectivity index (χ2n) is 8.93. The maximum absolute atomic E-state index is 5.35. The third-order valence-corrected chi connectivity index (χ3v) is 6.39. The molecule has 0 unspecified atom stereocenters. The highest BCUT2D eigenvalue weighted by atomic mass is 14.7. The lowest BCUT2D eigenvalue weighted by atomic mass is 9.92. The molecule has 3 aromatic carbocycles. The van der Waals surface area contributed by atoms with Crippen LogP contribution in [0.3, 0.4) is 0 Å². The summed E-state index contributed by atoms with van der Waals surface area (Å²) in [4.78, 5) is 10.0. The lowest BCUT2D eigenvalue weighted by Crippen LogP contribution is -2.01. The van der Waals surface area contributed by atoms with E-state index in [0.29, 0.717) is 0 Å². The van der Waals surface area contributed by atoms with Gasteiger partial charge in [-0.1, -0.05) is 78.4 Å². The summed E-state index contributed by atoms with van der Waals surface area (Å²) in [7, 11) is 0. The van der Waals surface area contributed by atoms with Gasteiger partial charge in [-0.25, -0.2) is 4.98 Å². The second kappa shape index (κ2) is 9.44. The number of rotatable bonds is 5. The molecule has 0 N–H and O–H groups in total. The van der Waals surface area contributed by atoms with Gasteiger partial charge < -0.3 is 0 Å². The molecule has 0 atom stereocenters. The van der Waals surface area contributed by atoms with Crippen LogP contribution in [0, 0.1) is 20.8 Å². The third kappa shape index (κ3) is 4.53. The molecule has 2 heteroatoms. The molecule has 5 aromatic rings. The summed E-state index contributed by atoms with van der Waals surface area (Å²) in [6.07, 6.45) is 2.66. The summed E-state index contributed by atoms with van der Waals surface area (Å²) in [6, 6.07) is 34.2. The van der Waals surface area contributed by atoms with Crippen LogP contribution in [0.5, 0.6) is 0 Å². The van der Waals surface area contributed by atoms with E-state index in [9.17, 15) is 0 Å². The summed E-state index contributed by atoms with van der Waals surface area (Å²) in [5.41, 5.74) is 12.5. The number of aromatic nitrogens is 2. The molecule has 0 aliphatic carbocycles. The van der Waals surface area contributed by atoms with E-state index in [4.69, 9.17) is 4.98 Å². The highest BCUT2D eigenvalue weighted by Gasteiger charge is 2.18. The number of hydrogen-bond donors (Lipinski definition) is 0. The monoisotopic (exact) mass is 440 g/mol. The van der Waals surface area contributed by atoms with E-state index in [1.165, 1.54) is 27.8 Å². The van der Waals surface area contributed by atoms with E-state index in [0.717, 1.165) is 40.2 Å². The van der Waals surface area contributed by atoms with Crippen LogP contribution in [0.15, 0.2) is 103 Å². The van der Waals surface area contributed by atoms with Crippen molar-refractivity contribution in [3.8, 4) is 33.8 Å². The quantitative estimate of drug-likeness (QED) is 0.277. The van der Waals surface area contributed by atoms with E-state index < -0.39 is 0 Å². The number of benzene rings is 3. The number of pyridine rings is 2. The van der Waals surface area contributed by atoms with Crippen molar-refractivity contribution in [3.05, 3.63) is 131 Å². The van der Waals surface area contributed by atoms with Gasteiger partial charge in [0.25, 0.3) is 0 Å². The Morgan fingerprint density at radius 3 is 2.06 bits per heavy atom. The van der Waals surface area contributed by atoms with Crippen LogP contribution in [0.4, 0.5) is 0 Å². The molecule has 166 valence electrons. The Hall–Kier alpha value is -4.04. The van der Waals surface area contributed by atoms with Crippen molar-refractivity contribution in [3.63, 3.8) is 0 Å². The van der Waals surface area contributed by atoms with Gasteiger partial charge in [-0.3, -0.25) is 4.98 Å². The van der Waals surface area contributed by atoms with Crippen LogP contribution < -0.4 is 0 Å². The van der Waals surface area contributed by atoms with Gasteiger partial charge >= 0.3 is 0 Å². The number of hydrogen-bond acceptors (Lipinski definition) is 2. The van der Waals surface area contributed by atoms with Crippen molar-refractivity contribution < 1.29 is 0 Å². The van der Waals surface area contributed by atoms with Crippen LogP contribution in [0.1, 0.15) is 27.8 Å². The third-order valence-electron chi connectivity index (χ3n) is 6.39. The minimum Gasteiger partial charge on any atom is -0.256 e. The normalized spacial score (nSPS) is 10.9. The molecule has 5 rings (SSSR count). The number of nitrogens with zero attached hydrogens (tertiary/aromatic N) is 2. The highest BCUT2D eigenvalue weighted by Crippen LogP contribution is 2.36. The van der Waals surface area contributed by atoms with E-state index in [1.807, 2.05) is 18.3 Å². The van der Waals surface area contributed by atoms with Crippen molar-refractivity contribution >= 4 is 0 Å². The average molecular weight is 441 g/mol. The van der Waals surface area contributed by atoms with Crippen LogP contribution in [-0.4, -0.2) is 9.97 Å². The van der Waals surface area contributed by atoms with E-state index >= 15 is 0 Å². The Kier molecular flexibility index (Phi) is 6.05. The Bertz CT molecular complexity index is 1420. The number of aryl methyl sites for hydroxylation is 3. The second-order valence-corrected chi connectivity index (χ2v) is 8.93. The molecule has 0 amide bonds. The van der Waals surface area contributed by atoms with E-state index in [-0.39, 0.29) is 0 Å². The zero-order valence-corrected chi connectivity index (χ0v) is 19.9. The fraction of sp³-hybridized carbons (Fsp3) is 0.125. The molecule has 2 aromatic heterocycles. The molecule has 0 aliphatic heterocycles. The largest absolute Gasteiger partial charge is 0.256 e. The molecule has 0 radical (unpaired) electrons. The smallest absolute Gasteiger partial charge is 0.0803 e. The molecule has 0 fully saturated rings. The first-order valence-electron chi connectivity index (χ1n) is 11.7. The van der Waals surface area contributed by atoms with Gasteiger partial charge in [-0.2, -0.15) is 0 Å². The van der Waals surface area contributed by atoms with Crippen molar-refractivity contribution in [1.82, 2.24) is 9.97 Å². The van der Waals surface area contributed by atoms with Gasteiger partial charge in [-0.05, 0) is 73.7 Å². The van der Waals surface area contributed by atoms with Gasteiger partial charge in [0.15, 0.2) is 0 Å². The van der Waals surface area contributed by atoms with Crippen molar-refractivity contribution in [2.24, 2.45) is 0 Å². The summed E-state index contributed by atoms with van der Waals surface area (Å²) in [5.74, 6) is 0. The molecule has 0 aliphatic rings. The zero-order valence-electron chi connectivity index (χ0n) is 19.9. The summed E-state index contributed by atoms with van der Waals surface area (Å²) >= 11 is 0. The van der Waals surface area contributed by atoms with Crippen LogP contribution in [0.2, 0.25) is 0 Å². The molecule has 0 bridgehead atoms. The summed E-state index contributed by atoms with van der Waals surface area (Å²) in [6.45, 7) is 6.43. The first-order valence-corrected chi connectivity index (χ1v) is 11.7. The topological polar surface area (TPSA) is 25.8 Å². The Labute approximate surface area is 202 Å². The molecule has 2 nitrogen and oxygen atoms in total. The molecule has 0 saturated heterocycles. The van der Waals surface area contributed by atoms with Gasteiger partial charge in [0, 0.05) is 22.9 Å². The van der Waals surface area contributed by atoms with E-state index in [1.54, 1.807) is 0 Å².